The van der Waals surface area contributed by atoms with Crippen molar-refractivity contribution in [1.29, 1.82) is 0 Å². The normalized spacial score (nSPS) is 12.7. The predicted molar refractivity (Wildman–Crippen MR) is 74.5 cm³/mol. The lowest BCUT2D eigenvalue weighted by molar-refractivity contribution is 0.876. The van der Waals surface area contributed by atoms with Crippen LogP contribution in [0.3, 0.4) is 0 Å². The molecule has 4 heteroatoms. The van der Waals surface area contributed by atoms with E-state index in [9.17, 15) is 0 Å². The minimum absolute atomic E-state index is 0.0801. The fourth-order valence-electron chi connectivity index (χ4n) is 1.38. The Hall–Kier alpha value is -0.100. The number of hydrogen-bond acceptors (Lipinski definition) is 2. The number of rotatable bonds is 2. The first kappa shape index (κ1) is 11.4. The molecule has 0 bridgehead atoms. The van der Waals surface area contributed by atoms with Crippen LogP contribution >= 0.6 is 45.5 Å². The van der Waals surface area contributed by atoms with Crippen molar-refractivity contribution in [2.24, 2.45) is 5.73 Å². The van der Waals surface area contributed by atoms with Crippen LogP contribution in [0.1, 0.15) is 17.2 Å². The summed E-state index contributed by atoms with van der Waals surface area (Å²) in [6, 6.07) is 9.72. The van der Waals surface area contributed by atoms with Crippen molar-refractivity contribution in [3.05, 3.63) is 54.7 Å². The summed E-state index contributed by atoms with van der Waals surface area (Å²) in [5.74, 6) is 0. The van der Waals surface area contributed by atoms with E-state index < -0.39 is 0 Å². The predicted octanol–water partition coefficient (Wildman–Crippen LogP) is 4.05. The maximum Gasteiger partial charge on any atom is 0.0656 e. The van der Waals surface area contributed by atoms with Crippen LogP contribution in [0, 0.1) is 2.88 Å². The van der Waals surface area contributed by atoms with Crippen molar-refractivity contribution < 1.29 is 0 Å². The van der Waals surface area contributed by atoms with Gasteiger partial charge in [0.1, 0.15) is 0 Å². The molecular weight excluding hydrogens is 341 g/mol. The largest absolute Gasteiger partial charge is 0.320 e. The molecule has 0 saturated heterocycles. The molecule has 15 heavy (non-hydrogen) atoms. The third-order valence-corrected chi connectivity index (χ3v) is 4.20. The summed E-state index contributed by atoms with van der Waals surface area (Å²) in [5, 5.41) is 2.82. The minimum Gasteiger partial charge on any atom is -0.320 e. The van der Waals surface area contributed by atoms with Gasteiger partial charge in [-0.25, -0.2) is 0 Å². The summed E-state index contributed by atoms with van der Waals surface area (Å²) in [5.41, 5.74) is 8.34. The van der Waals surface area contributed by atoms with Crippen LogP contribution in [0.4, 0.5) is 0 Å². The van der Waals surface area contributed by atoms with Crippen molar-refractivity contribution in [2.45, 2.75) is 6.04 Å². The molecule has 0 aliphatic heterocycles. The summed E-state index contributed by atoms with van der Waals surface area (Å²) in [6.07, 6.45) is 0. The van der Waals surface area contributed by atoms with Gasteiger partial charge in [0.25, 0.3) is 0 Å². The van der Waals surface area contributed by atoms with E-state index in [2.05, 4.69) is 34.0 Å². The first-order chi connectivity index (χ1) is 7.16. The molecule has 1 heterocycles. The van der Waals surface area contributed by atoms with E-state index in [0.717, 1.165) is 16.1 Å². The summed E-state index contributed by atoms with van der Waals surface area (Å²) >= 11 is 9.93. The number of benzene rings is 1. The molecule has 0 amide bonds. The van der Waals surface area contributed by atoms with Gasteiger partial charge < -0.3 is 5.73 Å². The molecule has 2 N–H and O–H groups in total. The van der Waals surface area contributed by atoms with Crippen LogP contribution in [0.2, 0.25) is 5.02 Å². The van der Waals surface area contributed by atoms with Gasteiger partial charge in [0.15, 0.2) is 0 Å². The molecule has 1 atom stereocenters. The SMILES string of the molecule is NC(c1cccc(Cl)c1)c1csc(I)c1. The Morgan fingerprint density at radius 3 is 2.67 bits per heavy atom. The second kappa shape index (κ2) is 4.82. The highest BCUT2D eigenvalue weighted by Crippen LogP contribution is 2.26. The number of hydrogen-bond donors (Lipinski definition) is 1. The fraction of sp³-hybridized carbons (Fsp3) is 0.0909. The Kier molecular flexibility index (Phi) is 3.66. The molecular formula is C11H9ClINS. The van der Waals surface area contributed by atoms with Gasteiger partial charge in [-0.3, -0.25) is 0 Å². The van der Waals surface area contributed by atoms with Crippen molar-refractivity contribution >= 4 is 45.5 Å². The molecule has 0 aliphatic rings. The molecule has 0 aliphatic carbocycles. The van der Waals surface area contributed by atoms with Gasteiger partial charge in [-0.2, -0.15) is 0 Å². The number of halogens is 2. The van der Waals surface area contributed by atoms with Gasteiger partial charge >= 0.3 is 0 Å². The number of thiophene rings is 1. The van der Waals surface area contributed by atoms with Gasteiger partial charge in [0.05, 0.1) is 8.93 Å². The highest BCUT2D eigenvalue weighted by molar-refractivity contribution is 14.1. The molecule has 0 spiro atoms. The molecule has 78 valence electrons. The Morgan fingerprint density at radius 1 is 1.27 bits per heavy atom. The van der Waals surface area contributed by atoms with E-state index in [-0.39, 0.29) is 6.04 Å². The third kappa shape index (κ3) is 2.72. The Balaban J connectivity index is 2.32. The minimum atomic E-state index is -0.0801. The monoisotopic (exact) mass is 349 g/mol. The van der Waals surface area contributed by atoms with Crippen molar-refractivity contribution in [3.63, 3.8) is 0 Å². The lowest BCUT2D eigenvalue weighted by atomic mass is 10.0. The van der Waals surface area contributed by atoms with Crippen molar-refractivity contribution in [3.8, 4) is 0 Å². The average molecular weight is 350 g/mol. The van der Waals surface area contributed by atoms with E-state index in [1.54, 1.807) is 11.3 Å². The second-order valence-corrected chi connectivity index (χ2v) is 6.46. The maximum absolute atomic E-state index is 6.14. The summed E-state index contributed by atoms with van der Waals surface area (Å²) in [4.78, 5) is 0. The van der Waals surface area contributed by atoms with E-state index in [0.29, 0.717) is 0 Å². The molecule has 1 nitrogen and oxygen atoms in total. The zero-order valence-corrected chi connectivity index (χ0v) is 11.5. The lowest BCUT2D eigenvalue weighted by Crippen LogP contribution is -2.10. The molecule has 0 saturated carbocycles. The molecule has 1 aromatic heterocycles. The average Bonchev–Trinajstić information content (AvgIpc) is 2.64. The van der Waals surface area contributed by atoms with Crippen molar-refractivity contribution in [1.82, 2.24) is 0 Å². The van der Waals surface area contributed by atoms with Gasteiger partial charge in [0, 0.05) is 5.02 Å². The standard InChI is InChI=1S/C11H9ClINS/c12-9-3-1-2-7(4-9)11(14)8-5-10(13)15-6-8/h1-6,11H,14H2. The van der Waals surface area contributed by atoms with Gasteiger partial charge in [0.2, 0.25) is 0 Å². The molecule has 0 radical (unpaired) electrons. The first-order valence-electron chi connectivity index (χ1n) is 4.42. The Bertz CT molecular complexity index is 469. The lowest BCUT2D eigenvalue weighted by Gasteiger charge is -2.10. The summed E-state index contributed by atoms with van der Waals surface area (Å²) in [6.45, 7) is 0. The molecule has 0 fully saturated rings. The number of nitrogens with two attached hydrogens (primary N) is 1. The Morgan fingerprint density at radius 2 is 2.07 bits per heavy atom. The highest BCUT2D eigenvalue weighted by Gasteiger charge is 2.10. The van der Waals surface area contributed by atoms with E-state index in [4.69, 9.17) is 17.3 Å². The van der Waals surface area contributed by atoms with E-state index >= 15 is 0 Å². The molecule has 2 rings (SSSR count). The molecule has 1 aromatic carbocycles. The maximum atomic E-state index is 6.14. The van der Waals surface area contributed by atoms with Gasteiger partial charge in [-0.05, 0) is 57.3 Å². The van der Waals surface area contributed by atoms with Crippen molar-refractivity contribution in [2.75, 3.05) is 0 Å². The zero-order chi connectivity index (χ0) is 10.8. The second-order valence-electron chi connectivity index (χ2n) is 3.22. The quantitative estimate of drug-likeness (QED) is 0.813. The topological polar surface area (TPSA) is 26.0 Å². The summed E-state index contributed by atoms with van der Waals surface area (Å²) in [7, 11) is 0. The van der Waals surface area contributed by atoms with Crippen LogP contribution in [0.15, 0.2) is 35.7 Å². The van der Waals surface area contributed by atoms with Crippen LogP contribution in [-0.4, -0.2) is 0 Å². The third-order valence-electron chi connectivity index (χ3n) is 2.15. The first-order valence-corrected chi connectivity index (χ1v) is 6.75. The van der Waals surface area contributed by atoms with Crippen LogP contribution in [0.25, 0.3) is 0 Å². The fourth-order valence-corrected chi connectivity index (χ4v) is 2.99. The van der Waals surface area contributed by atoms with Crippen LogP contribution in [0.5, 0.6) is 0 Å². The Labute approximate surface area is 111 Å². The smallest absolute Gasteiger partial charge is 0.0656 e. The molecule has 2 aromatic rings. The molecule has 1 unspecified atom stereocenters. The van der Waals surface area contributed by atoms with Gasteiger partial charge in [-0.1, -0.05) is 23.7 Å². The van der Waals surface area contributed by atoms with Crippen LogP contribution in [-0.2, 0) is 0 Å². The highest BCUT2D eigenvalue weighted by atomic mass is 127. The van der Waals surface area contributed by atoms with E-state index in [1.807, 2.05) is 24.3 Å². The van der Waals surface area contributed by atoms with Crippen LogP contribution < -0.4 is 5.73 Å². The zero-order valence-electron chi connectivity index (χ0n) is 7.78. The van der Waals surface area contributed by atoms with E-state index in [1.165, 1.54) is 2.88 Å². The van der Waals surface area contributed by atoms with Gasteiger partial charge in [-0.15, -0.1) is 11.3 Å². The summed E-state index contributed by atoms with van der Waals surface area (Å²) < 4.78 is 1.25.